The van der Waals surface area contributed by atoms with Crippen LogP contribution in [0.15, 0.2) is 0 Å². The highest BCUT2D eigenvalue weighted by Gasteiger charge is 2.28. The lowest BCUT2D eigenvalue weighted by Crippen LogP contribution is -2.46. The van der Waals surface area contributed by atoms with E-state index in [2.05, 4.69) is 17.1 Å². The molecule has 2 aliphatic heterocycles. The molecular weight excluding hydrogens is 184 g/mol. The van der Waals surface area contributed by atoms with Crippen molar-refractivity contribution >= 4 is 0 Å². The molecule has 1 unspecified atom stereocenters. The van der Waals surface area contributed by atoms with Crippen molar-refractivity contribution in [1.29, 1.82) is 0 Å². The lowest BCUT2D eigenvalue weighted by Gasteiger charge is -2.38. The Morgan fingerprint density at radius 1 is 1.07 bits per heavy atom. The predicted octanol–water partition coefficient (Wildman–Crippen LogP) is 2.25. The van der Waals surface area contributed by atoms with Gasteiger partial charge in [0.15, 0.2) is 0 Å². The van der Waals surface area contributed by atoms with Gasteiger partial charge in [0.1, 0.15) is 0 Å². The Hall–Kier alpha value is -0.0800. The molecule has 1 N–H and O–H groups in total. The SMILES string of the molecule is CC1(CN2CCCCCC2)CCCNC1. The normalized spacial score (nSPS) is 35.0. The molecule has 0 aromatic carbocycles. The highest BCUT2D eigenvalue weighted by atomic mass is 15.1. The molecule has 0 amide bonds. The lowest BCUT2D eigenvalue weighted by molar-refractivity contribution is 0.136. The van der Waals surface area contributed by atoms with Crippen LogP contribution in [0.1, 0.15) is 45.4 Å². The zero-order valence-corrected chi connectivity index (χ0v) is 10.2. The second-order valence-electron chi connectivity index (χ2n) is 5.78. The topological polar surface area (TPSA) is 15.3 Å². The van der Waals surface area contributed by atoms with E-state index in [4.69, 9.17) is 0 Å². The summed E-state index contributed by atoms with van der Waals surface area (Å²) in [5, 5.41) is 3.55. The Labute approximate surface area is 94.4 Å². The van der Waals surface area contributed by atoms with E-state index in [1.165, 1.54) is 71.2 Å². The monoisotopic (exact) mass is 210 g/mol. The Morgan fingerprint density at radius 3 is 2.40 bits per heavy atom. The van der Waals surface area contributed by atoms with E-state index in [9.17, 15) is 0 Å². The van der Waals surface area contributed by atoms with Gasteiger partial charge >= 0.3 is 0 Å². The van der Waals surface area contributed by atoms with Crippen LogP contribution in [0.2, 0.25) is 0 Å². The first kappa shape index (κ1) is 11.4. The third kappa shape index (κ3) is 3.46. The summed E-state index contributed by atoms with van der Waals surface area (Å²) >= 11 is 0. The zero-order chi connectivity index (χ0) is 10.6. The van der Waals surface area contributed by atoms with Crippen LogP contribution >= 0.6 is 0 Å². The fourth-order valence-corrected chi connectivity index (χ4v) is 3.09. The summed E-state index contributed by atoms with van der Waals surface area (Å²) in [5.74, 6) is 0. The van der Waals surface area contributed by atoms with Crippen LogP contribution in [0.5, 0.6) is 0 Å². The standard InChI is InChI=1S/C13H26N2/c1-13(7-6-8-14-11-13)12-15-9-4-2-3-5-10-15/h14H,2-12H2,1H3. The minimum absolute atomic E-state index is 0.544. The molecule has 2 aliphatic rings. The Morgan fingerprint density at radius 2 is 1.80 bits per heavy atom. The number of piperidine rings is 1. The van der Waals surface area contributed by atoms with Crippen LogP contribution in [-0.4, -0.2) is 37.6 Å². The van der Waals surface area contributed by atoms with Gasteiger partial charge in [0.2, 0.25) is 0 Å². The van der Waals surface area contributed by atoms with Crippen molar-refractivity contribution in [2.45, 2.75) is 45.4 Å². The van der Waals surface area contributed by atoms with Gasteiger partial charge in [-0.2, -0.15) is 0 Å². The zero-order valence-electron chi connectivity index (χ0n) is 10.2. The molecule has 0 saturated carbocycles. The second-order valence-corrected chi connectivity index (χ2v) is 5.78. The van der Waals surface area contributed by atoms with Crippen LogP contribution in [0.3, 0.4) is 0 Å². The molecule has 0 radical (unpaired) electrons. The maximum absolute atomic E-state index is 3.55. The first-order chi connectivity index (χ1) is 7.29. The van der Waals surface area contributed by atoms with Crippen molar-refractivity contribution in [3.05, 3.63) is 0 Å². The predicted molar refractivity (Wildman–Crippen MR) is 65.1 cm³/mol. The molecule has 1 atom stereocenters. The molecule has 2 saturated heterocycles. The summed E-state index contributed by atoms with van der Waals surface area (Å²) in [5.41, 5.74) is 0.544. The second kappa shape index (κ2) is 5.31. The fraction of sp³-hybridized carbons (Fsp3) is 1.00. The number of likely N-dealkylation sites (tertiary alicyclic amines) is 1. The third-order valence-corrected chi connectivity index (χ3v) is 3.99. The van der Waals surface area contributed by atoms with E-state index in [0.29, 0.717) is 5.41 Å². The van der Waals surface area contributed by atoms with Crippen molar-refractivity contribution in [3.8, 4) is 0 Å². The van der Waals surface area contributed by atoms with Crippen LogP contribution in [0, 0.1) is 5.41 Å². The number of nitrogens with one attached hydrogen (secondary N) is 1. The molecule has 0 aliphatic carbocycles. The van der Waals surface area contributed by atoms with Gasteiger partial charge in [-0.15, -0.1) is 0 Å². The van der Waals surface area contributed by atoms with Gasteiger partial charge in [0, 0.05) is 13.1 Å². The van der Waals surface area contributed by atoms with Crippen molar-refractivity contribution in [2.75, 3.05) is 32.7 Å². The number of nitrogens with zero attached hydrogens (tertiary/aromatic N) is 1. The minimum atomic E-state index is 0.544. The van der Waals surface area contributed by atoms with Gasteiger partial charge in [-0.25, -0.2) is 0 Å². The summed E-state index contributed by atoms with van der Waals surface area (Å²) in [6.07, 6.45) is 8.52. The molecule has 0 bridgehead atoms. The van der Waals surface area contributed by atoms with Crippen molar-refractivity contribution in [1.82, 2.24) is 10.2 Å². The first-order valence-electron chi connectivity index (χ1n) is 6.72. The summed E-state index contributed by atoms with van der Waals surface area (Å²) in [4.78, 5) is 2.71. The van der Waals surface area contributed by atoms with Gasteiger partial charge < -0.3 is 10.2 Å². The van der Waals surface area contributed by atoms with E-state index >= 15 is 0 Å². The van der Waals surface area contributed by atoms with Crippen molar-refractivity contribution in [3.63, 3.8) is 0 Å². The summed E-state index contributed by atoms with van der Waals surface area (Å²) in [6.45, 7) is 8.92. The molecule has 15 heavy (non-hydrogen) atoms. The molecule has 2 rings (SSSR count). The van der Waals surface area contributed by atoms with Gasteiger partial charge in [-0.3, -0.25) is 0 Å². The lowest BCUT2D eigenvalue weighted by atomic mass is 9.82. The van der Waals surface area contributed by atoms with E-state index < -0.39 is 0 Å². The summed E-state index contributed by atoms with van der Waals surface area (Å²) < 4.78 is 0. The average molecular weight is 210 g/mol. The average Bonchev–Trinajstić information content (AvgIpc) is 2.47. The van der Waals surface area contributed by atoms with E-state index in [0.717, 1.165) is 0 Å². The molecule has 2 fully saturated rings. The maximum atomic E-state index is 3.55. The van der Waals surface area contributed by atoms with E-state index in [1.807, 2.05) is 0 Å². The minimum Gasteiger partial charge on any atom is -0.316 e. The number of hydrogen-bond donors (Lipinski definition) is 1. The van der Waals surface area contributed by atoms with Crippen LogP contribution in [0.4, 0.5) is 0 Å². The number of hydrogen-bond acceptors (Lipinski definition) is 2. The first-order valence-corrected chi connectivity index (χ1v) is 6.72. The fourth-order valence-electron chi connectivity index (χ4n) is 3.09. The Kier molecular flexibility index (Phi) is 4.04. The summed E-state index contributed by atoms with van der Waals surface area (Å²) in [6, 6.07) is 0. The smallest absolute Gasteiger partial charge is 0.00475 e. The van der Waals surface area contributed by atoms with Crippen molar-refractivity contribution < 1.29 is 0 Å². The molecule has 2 nitrogen and oxygen atoms in total. The quantitative estimate of drug-likeness (QED) is 0.752. The van der Waals surface area contributed by atoms with Crippen LogP contribution in [0.25, 0.3) is 0 Å². The highest BCUT2D eigenvalue weighted by Crippen LogP contribution is 2.27. The molecule has 2 heteroatoms. The van der Waals surface area contributed by atoms with Gasteiger partial charge in [0.25, 0.3) is 0 Å². The molecule has 0 spiro atoms. The van der Waals surface area contributed by atoms with Gasteiger partial charge in [-0.05, 0) is 50.7 Å². The number of rotatable bonds is 2. The molecule has 2 heterocycles. The summed E-state index contributed by atoms with van der Waals surface area (Å²) in [7, 11) is 0. The Balaban J connectivity index is 1.82. The Bertz CT molecular complexity index is 177. The maximum Gasteiger partial charge on any atom is 0.00475 e. The molecular formula is C13H26N2. The molecule has 0 aromatic rings. The molecule has 0 aromatic heterocycles. The van der Waals surface area contributed by atoms with Gasteiger partial charge in [-0.1, -0.05) is 19.8 Å². The van der Waals surface area contributed by atoms with E-state index in [-0.39, 0.29) is 0 Å². The third-order valence-electron chi connectivity index (χ3n) is 3.99. The molecule has 88 valence electrons. The van der Waals surface area contributed by atoms with E-state index in [1.54, 1.807) is 0 Å². The largest absolute Gasteiger partial charge is 0.316 e. The van der Waals surface area contributed by atoms with Crippen LogP contribution in [-0.2, 0) is 0 Å². The highest BCUT2D eigenvalue weighted by molar-refractivity contribution is 4.84. The van der Waals surface area contributed by atoms with Gasteiger partial charge in [0.05, 0.1) is 0 Å². The van der Waals surface area contributed by atoms with Crippen LogP contribution < -0.4 is 5.32 Å². The van der Waals surface area contributed by atoms with Crippen molar-refractivity contribution in [2.24, 2.45) is 5.41 Å².